The van der Waals surface area contributed by atoms with Crippen LogP contribution in [0.4, 0.5) is 11.4 Å². The summed E-state index contributed by atoms with van der Waals surface area (Å²) in [7, 11) is 0. The zero-order chi connectivity index (χ0) is 20.1. The molecule has 3 N–H and O–H groups in total. The highest BCUT2D eigenvalue weighted by atomic mass is 35.5. The number of nitrogens with zero attached hydrogens (tertiary/aromatic N) is 1. The third kappa shape index (κ3) is 4.68. The molecule has 0 bridgehead atoms. The number of aliphatic hydroxyl groups is 1. The second-order valence-corrected chi connectivity index (χ2v) is 7.63. The van der Waals surface area contributed by atoms with Crippen molar-refractivity contribution in [3.8, 4) is 0 Å². The molecule has 1 aliphatic rings. The molecule has 1 atom stereocenters. The van der Waals surface area contributed by atoms with E-state index in [1.807, 2.05) is 0 Å². The average Bonchev–Trinajstić information content (AvgIpc) is 3.13. The van der Waals surface area contributed by atoms with Crippen molar-refractivity contribution in [2.45, 2.75) is 6.04 Å². The van der Waals surface area contributed by atoms with E-state index in [4.69, 9.17) is 16.3 Å². The Labute approximate surface area is 170 Å². The van der Waals surface area contributed by atoms with Gasteiger partial charge in [0.05, 0.1) is 33.8 Å². The van der Waals surface area contributed by atoms with Crippen LogP contribution < -0.4 is 15.5 Å². The normalized spacial score (nSPS) is 15.2. The molecule has 2 heterocycles. The van der Waals surface area contributed by atoms with Crippen LogP contribution in [0.5, 0.6) is 0 Å². The number of thiophene rings is 1. The highest BCUT2D eigenvalue weighted by molar-refractivity contribution is 7.18. The average molecular weight is 424 g/mol. The molecule has 3 rings (SSSR count). The highest BCUT2D eigenvalue weighted by Crippen LogP contribution is 2.27. The van der Waals surface area contributed by atoms with Crippen molar-refractivity contribution in [2.75, 3.05) is 36.6 Å². The van der Waals surface area contributed by atoms with Gasteiger partial charge in [0.15, 0.2) is 0 Å². The molecule has 1 aliphatic heterocycles. The number of carbonyl (C=O) groups is 3. The minimum absolute atomic E-state index is 0.0268. The summed E-state index contributed by atoms with van der Waals surface area (Å²) in [6.45, 7) is 0.147. The molecule has 1 fully saturated rings. The number of ether oxygens (including phenoxy) is 1. The molecule has 28 heavy (non-hydrogen) atoms. The number of nitrogens with one attached hydrogen (secondary N) is 2. The number of benzene rings is 1. The van der Waals surface area contributed by atoms with Crippen molar-refractivity contribution in [3.63, 3.8) is 0 Å². The number of amides is 3. The summed E-state index contributed by atoms with van der Waals surface area (Å²) in [5.41, 5.74) is 0.923. The molecule has 0 aliphatic carbocycles. The Morgan fingerprint density at radius 3 is 2.75 bits per heavy atom. The third-order valence-corrected chi connectivity index (χ3v) is 5.27. The maximum atomic E-state index is 12.6. The summed E-state index contributed by atoms with van der Waals surface area (Å²) in [6.07, 6.45) is 0. The van der Waals surface area contributed by atoms with Gasteiger partial charge in [-0.25, -0.2) is 0 Å². The van der Waals surface area contributed by atoms with Crippen molar-refractivity contribution < 1.29 is 24.2 Å². The summed E-state index contributed by atoms with van der Waals surface area (Å²) in [5, 5.41) is 14.7. The second kappa shape index (κ2) is 9.16. The number of hydrogen-bond acceptors (Lipinski definition) is 6. The van der Waals surface area contributed by atoms with Crippen LogP contribution in [0.15, 0.2) is 36.4 Å². The van der Waals surface area contributed by atoms with Crippen molar-refractivity contribution in [3.05, 3.63) is 45.6 Å². The van der Waals surface area contributed by atoms with Crippen LogP contribution in [0.25, 0.3) is 0 Å². The van der Waals surface area contributed by atoms with Crippen LogP contribution in [0.3, 0.4) is 0 Å². The summed E-state index contributed by atoms with van der Waals surface area (Å²) in [6, 6.07) is 8.76. The standard InChI is InChI=1S/C18H18ClN3O5S/c19-15-6-5-14(28-15)18(26)21-12(9-23)17(25)20-11-3-1-2-4-13(11)22-7-8-27-10-16(22)24/h1-6,12,23H,7-10H2,(H,20,25)(H,21,26). The maximum Gasteiger partial charge on any atom is 0.262 e. The lowest BCUT2D eigenvalue weighted by molar-refractivity contribution is -0.125. The first-order valence-corrected chi connectivity index (χ1v) is 9.64. The lowest BCUT2D eigenvalue weighted by Crippen LogP contribution is -2.46. The predicted molar refractivity (Wildman–Crippen MR) is 106 cm³/mol. The molecular weight excluding hydrogens is 406 g/mol. The second-order valence-electron chi connectivity index (χ2n) is 5.92. The van der Waals surface area contributed by atoms with E-state index < -0.39 is 24.5 Å². The van der Waals surface area contributed by atoms with Crippen molar-refractivity contribution >= 4 is 52.0 Å². The summed E-state index contributed by atoms with van der Waals surface area (Å²) in [4.78, 5) is 38.8. The van der Waals surface area contributed by atoms with Gasteiger partial charge in [-0.2, -0.15) is 0 Å². The Balaban J connectivity index is 1.72. The Morgan fingerprint density at radius 1 is 1.29 bits per heavy atom. The Bertz CT molecular complexity index is 888. The van der Waals surface area contributed by atoms with E-state index in [1.54, 1.807) is 30.3 Å². The molecule has 1 aromatic carbocycles. The molecule has 8 nitrogen and oxygen atoms in total. The lowest BCUT2D eigenvalue weighted by atomic mass is 10.2. The van der Waals surface area contributed by atoms with Crippen LogP contribution in [-0.2, 0) is 14.3 Å². The first kappa shape index (κ1) is 20.3. The quantitative estimate of drug-likeness (QED) is 0.652. The van der Waals surface area contributed by atoms with Crippen LogP contribution in [0.2, 0.25) is 4.34 Å². The maximum absolute atomic E-state index is 12.6. The molecule has 2 aromatic rings. The van der Waals surface area contributed by atoms with Crippen LogP contribution in [0, 0.1) is 0 Å². The zero-order valence-corrected chi connectivity index (χ0v) is 16.3. The number of para-hydroxylation sites is 2. The Hall–Kier alpha value is -2.46. The molecule has 148 valence electrons. The Morgan fingerprint density at radius 2 is 2.07 bits per heavy atom. The van der Waals surface area contributed by atoms with Gasteiger partial charge in [0.25, 0.3) is 11.8 Å². The third-order valence-electron chi connectivity index (χ3n) is 4.04. The van der Waals surface area contributed by atoms with E-state index in [9.17, 15) is 19.5 Å². The smallest absolute Gasteiger partial charge is 0.262 e. The first-order chi connectivity index (χ1) is 13.5. The number of anilines is 2. The van der Waals surface area contributed by atoms with Crippen LogP contribution in [-0.4, -0.2) is 55.2 Å². The van der Waals surface area contributed by atoms with Gasteiger partial charge >= 0.3 is 0 Å². The van der Waals surface area contributed by atoms with Gasteiger partial charge in [-0.3, -0.25) is 14.4 Å². The zero-order valence-electron chi connectivity index (χ0n) is 14.7. The van der Waals surface area contributed by atoms with E-state index >= 15 is 0 Å². The summed E-state index contributed by atoms with van der Waals surface area (Å²) in [5.74, 6) is -1.33. The van der Waals surface area contributed by atoms with Gasteiger partial charge in [-0.1, -0.05) is 23.7 Å². The molecule has 10 heteroatoms. The molecular formula is C18H18ClN3O5S. The predicted octanol–water partition coefficient (Wildman–Crippen LogP) is 1.49. The van der Waals surface area contributed by atoms with Gasteiger partial charge < -0.3 is 25.4 Å². The molecule has 1 saturated heterocycles. The number of hydrogen-bond donors (Lipinski definition) is 3. The van der Waals surface area contributed by atoms with E-state index in [0.29, 0.717) is 33.7 Å². The van der Waals surface area contributed by atoms with E-state index in [2.05, 4.69) is 10.6 Å². The van der Waals surface area contributed by atoms with Crippen molar-refractivity contribution in [1.82, 2.24) is 5.32 Å². The lowest BCUT2D eigenvalue weighted by Gasteiger charge is -2.29. The molecule has 1 aromatic heterocycles. The van der Waals surface area contributed by atoms with Gasteiger partial charge in [-0.05, 0) is 24.3 Å². The van der Waals surface area contributed by atoms with Crippen LogP contribution in [0.1, 0.15) is 9.67 Å². The minimum atomic E-state index is -1.16. The Kier molecular flexibility index (Phi) is 6.63. The molecule has 0 radical (unpaired) electrons. The first-order valence-electron chi connectivity index (χ1n) is 8.44. The van der Waals surface area contributed by atoms with Gasteiger partial charge in [-0.15, -0.1) is 11.3 Å². The van der Waals surface area contributed by atoms with Gasteiger partial charge in [0.2, 0.25) is 5.91 Å². The van der Waals surface area contributed by atoms with Crippen molar-refractivity contribution in [2.24, 2.45) is 0 Å². The topological polar surface area (TPSA) is 108 Å². The highest BCUT2D eigenvalue weighted by Gasteiger charge is 2.25. The largest absolute Gasteiger partial charge is 0.394 e. The van der Waals surface area contributed by atoms with Gasteiger partial charge in [0.1, 0.15) is 12.6 Å². The molecule has 3 amide bonds. The fourth-order valence-corrected chi connectivity index (χ4v) is 3.61. The fraction of sp³-hybridized carbons (Fsp3) is 0.278. The molecule has 0 saturated carbocycles. The van der Waals surface area contributed by atoms with E-state index in [1.165, 1.54) is 11.0 Å². The number of carbonyl (C=O) groups excluding carboxylic acids is 3. The summed E-state index contributed by atoms with van der Waals surface area (Å²) < 4.78 is 5.57. The monoisotopic (exact) mass is 423 g/mol. The number of aliphatic hydroxyl groups excluding tert-OH is 1. The SMILES string of the molecule is O=C(NC(CO)C(=O)Nc1ccccc1N1CCOCC1=O)c1ccc(Cl)s1. The fourth-order valence-electron chi connectivity index (χ4n) is 2.67. The summed E-state index contributed by atoms with van der Waals surface area (Å²) >= 11 is 6.89. The number of halogens is 1. The van der Waals surface area contributed by atoms with Crippen molar-refractivity contribution in [1.29, 1.82) is 0 Å². The van der Waals surface area contributed by atoms with Gasteiger partial charge in [0, 0.05) is 6.54 Å². The van der Waals surface area contributed by atoms with E-state index in [-0.39, 0.29) is 12.5 Å². The number of morpholine rings is 1. The molecule has 1 unspecified atom stereocenters. The van der Waals surface area contributed by atoms with Crippen LogP contribution >= 0.6 is 22.9 Å². The minimum Gasteiger partial charge on any atom is -0.394 e. The molecule has 0 spiro atoms. The van der Waals surface area contributed by atoms with E-state index in [0.717, 1.165) is 11.3 Å². The number of rotatable bonds is 6.